The summed E-state index contributed by atoms with van der Waals surface area (Å²) < 4.78 is 0. The van der Waals surface area contributed by atoms with Crippen molar-refractivity contribution in [3.8, 4) is 0 Å². The molecule has 0 aliphatic carbocycles. The van der Waals surface area contributed by atoms with Crippen LogP contribution in [-0.2, 0) is 0 Å². The lowest BCUT2D eigenvalue weighted by molar-refractivity contribution is 0.422. The van der Waals surface area contributed by atoms with Crippen molar-refractivity contribution in [1.82, 2.24) is 0 Å². The van der Waals surface area contributed by atoms with Gasteiger partial charge in [0.05, 0.1) is 19.8 Å². The standard InChI is InChI=1S/C14H27/c1-9(2)13(10(3)4)14(11(5)6)12(7)8/h9,11,13H,1-8H3/q+1. The van der Waals surface area contributed by atoms with Gasteiger partial charge in [-0.05, 0) is 25.3 Å². The van der Waals surface area contributed by atoms with Crippen molar-refractivity contribution < 1.29 is 0 Å². The number of hydrogen-bond donors (Lipinski definition) is 0. The molecule has 1 unspecified atom stereocenters. The molecule has 0 spiro atoms. The van der Waals surface area contributed by atoms with Gasteiger partial charge in [-0.15, -0.1) is 0 Å². The van der Waals surface area contributed by atoms with Crippen LogP contribution >= 0.6 is 0 Å². The minimum absolute atomic E-state index is 0.667. The zero-order chi connectivity index (χ0) is 11.5. The van der Waals surface area contributed by atoms with Crippen LogP contribution in [-0.4, -0.2) is 0 Å². The quantitative estimate of drug-likeness (QED) is 0.443. The first kappa shape index (κ1) is 13.6. The van der Waals surface area contributed by atoms with E-state index in [0.29, 0.717) is 17.8 Å². The van der Waals surface area contributed by atoms with Gasteiger partial charge in [-0.2, -0.15) is 0 Å². The molecule has 0 bridgehead atoms. The van der Waals surface area contributed by atoms with Gasteiger partial charge in [-0.1, -0.05) is 33.3 Å². The molecule has 0 radical (unpaired) electrons. The third-order valence-electron chi connectivity index (χ3n) is 2.82. The van der Waals surface area contributed by atoms with E-state index in [4.69, 9.17) is 0 Å². The van der Waals surface area contributed by atoms with Gasteiger partial charge in [0.15, 0.2) is 0 Å². The third-order valence-corrected chi connectivity index (χ3v) is 2.82. The summed E-state index contributed by atoms with van der Waals surface area (Å²) in [6, 6.07) is 0. The number of allylic oxidation sites excluding steroid dienone is 2. The second-order valence-corrected chi connectivity index (χ2v) is 5.41. The van der Waals surface area contributed by atoms with E-state index >= 15 is 0 Å². The third kappa shape index (κ3) is 3.40. The molecule has 0 aliphatic heterocycles. The van der Waals surface area contributed by atoms with Crippen molar-refractivity contribution in [3.05, 3.63) is 17.1 Å². The summed E-state index contributed by atoms with van der Waals surface area (Å²) in [6.45, 7) is 18.3. The highest BCUT2D eigenvalue weighted by Gasteiger charge is 2.32. The fourth-order valence-electron chi connectivity index (χ4n) is 2.58. The maximum atomic E-state index is 2.32. The first-order valence-electron chi connectivity index (χ1n) is 5.76. The van der Waals surface area contributed by atoms with Crippen molar-refractivity contribution >= 4 is 0 Å². The Balaban J connectivity index is 5.06. The molecule has 0 aromatic carbocycles. The molecule has 0 N–H and O–H groups in total. The molecule has 82 valence electrons. The summed E-state index contributed by atoms with van der Waals surface area (Å²) in [5.41, 5.74) is 3.14. The van der Waals surface area contributed by atoms with E-state index < -0.39 is 0 Å². The summed E-state index contributed by atoms with van der Waals surface area (Å²) in [5.74, 6) is 3.60. The van der Waals surface area contributed by atoms with Crippen LogP contribution in [0.4, 0.5) is 0 Å². The summed E-state index contributed by atoms with van der Waals surface area (Å²) in [4.78, 5) is 0. The molecular formula is C14H27+. The molecule has 0 saturated carbocycles. The molecule has 0 heterocycles. The van der Waals surface area contributed by atoms with Gasteiger partial charge in [0.1, 0.15) is 5.92 Å². The molecular weight excluding hydrogens is 168 g/mol. The van der Waals surface area contributed by atoms with E-state index in [1.165, 1.54) is 5.57 Å². The van der Waals surface area contributed by atoms with E-state index in [1.54, 1.807) is 11.5 Å². The Morgan fingerprint density at radius 1 is 0.929 bits per heavy atom. The Kier molecular flexibility index (Phi) is 5.33. The van der Waals surface area contributed by atoms with Crippen molar-refractivity contribution in [2.75, 3.05) is 0 Å². The van der Waals surface area contributed by atoms with Crippen LogP contribution in [0.3, 0.4) is 0 Å². The van der Waals surface area contributed by atoms with Crippen LogP contribution in [0.5, 0.6) is 0 Å². The summed E-state index contributed by atoms with van der Waals surface area (Å²) in [6.07, 6.45) is 0. The number of hydrogen-bond acceptors (Lipinski definition) is 0. The summed E-state index contributed by atoms with van der Waals surface area (Å²) in [5, 5.41) is 0. The average Bonchev–Trinajstić information content (AvgIpc) is 1.96. The molecule has 0 rings (SSSR count). The van der Waals surface area contributed by atoms with Gasteiger partial charge in [0.2, 0.25) is 0 Å². The van der Waals surface area contributed by atoms with Crippen LogP contribution in [0.25, 0.3) is 0 Å². The first-order chi connectivity index (χ1) is 6.29. The largest absolute Gasteiger partial charge is 0.123 e. The second-order valence-electron chi connectivity index (χ2n) is 5.41. The Hall–Kier alpha value is -0.390. The fourth-order valence-corrected chi connectivity index (χ4v) is 2.58. The van der Waals surface area contributed by atoms with Crippen LogP contribution in [0.1, 0.15) is 55.4 Å². The van der Waals surface area contributed by atoms with E-state index in [-0.39, 0.29) is 0 Å². The first-order valence-corrected chi connectivity index (χ1v) is 5.76. The predicted molar refractivity (Wildman–Crippen MR) is 66.1 cm³/mol. The van der Waals surface area contributed by atoms with Gasteiger partial charge < -0.3 is 0 Å². The zero-order valence-electron chi connectivity index (χ0n) is 11.2. The average molecular weight is 195 g/mol. The minimum atomic E-state index is 0.667. The number of rotatable bonds is 4. The Bertz CT molecular complexity index is 182. The van der Waals surface area contributed by atoms with Gasteiger partial charge in [-0.25, -0.2) is 0 Å². The van der Waals surface area contributed by atoms with Gasteiger partial charge >= 0.3 is 0 Å². The molecule has 0 aromatic rings. The SMILES string of the molecule is CC(C)=C(C(C)C)C([C+](C)C)C(C)C. The topological polar surface area (TPSA) is 0 Å². The predicted octanol–water partition coefficient (Wildman–Crippen LogP) is 4.87. The molecule has 0 saturated heterocycles. The normalized spacial score (nSPS) is 13.3. The monoisotopic (exact) mass is 195 g/mol. The maximum Gasteiger partial charge on any atom is 0.123 e. The smallest absolute Gasteiger partial charge is 0.0724 e. The van der Waals surface area contributed by atoms with Crippen molar-refractivity contribution in [2.24, 2.45) is 17.8 Å². The molecule has 0 aliphatic rings. The van der Waals surface area contributed by atoms with Gasteiger partial charge in [0.25, 0.3) is 0 Å². The van der Waals surface area contributed by atoms with Gasteiger partial charge in [0, 0.05) is 5.92 Å². The van der Waals surface area contributed by atoms with Crippen LogP contribution in [0, 0.1) is 23.7 Å². The Morgan fingerprint density at radius 2 is 1.36 bits per heavy atom. The van der Waals surface area contributed by atoms with E-state index in [2.05, 4.69) is 55.4 Å². The minimum Gasteiger partial charge on any atom is -0.0724 e. The van der Waals surface area contributed by atoms with Crippen molar-refractivity contribution in [2.45, 2.75) is 55.4 Å². The fraction of sp³-hybridized carbons (Fsp3) is 0.786. The highest BCUT2D eigenvalue weighted by Crippen LogP contribution is 2.35. The lowest BCUT2D eigenvalue weighted by Crippen LogP contribution is -2.21. The molecule has 0 amide bonds. The summed E-state index contributed by atoms with van der Waals surface area (Å²) >= 11 is 0. The second kappa shape index (κ2) is 5.48. The highest BCUT2D eigenvalue weighted by molar-refractivity contribution is 5.21. The molecule has 14 heavy (non-hydrogen) atoms. The maximum absolute atomic E-state index is 2.32. The lowest BCUT2D eigenvalue weighted by Gasteiger charge is -2.24. The van der Waals surface area contributed by atoms with Gasteiger partial charge in [-0.3, -0.25) is 0 Å². The zero-order valence-corrected chi connectivity index (χ0v) is 11.2. The molecule has 0 heteroatoms. The summed E-state index contributed by atoms with van der Waals surface area (Å²) in [7, 11) is 0. The van der Waals surface area contributed by atoms with E-state index in [1.807, 2.05) is 0 Å². The van der Waals surface area contributed by atoms with Crippen LogP contribution in [0.2, 0.25) is 0 Å². The van der Waals surface area contributed by atoms with Crippen molar-refractivity contribution in [3.63, 3.8) is 0 Å². The molecule has 0 fully saturated rings. The molecule has 1 atom stereocenters. The highest BCUT2D eigenvalue weighted by atomic mass is 14.3. The van der Waals surface area contributed by atoms with Crippen LogP contribution in [0.15, 0.2) is 11.1 Å². The van der Waals surface area contributed by atoms with Crippen LogP contribution < -0.4 is 0 Å². The Labute approximate surface area is 90.8 Å². The van der Waals surface area contributed by atoms with E-state index in [9.17, 15) is 0 Å². The lowest BCUT2D eigenvalue weighted by atomic mass is 9.74. The molecule has 0 aromatic heterocycles. The molecule has 0 nitrogen and oxygen atoms in total. The Morgan fingerprint density at radius 3 is 1.43 bits per heavy atom. The van der Waals surface area contributed by atoms with E-state index in [0.717, 1.165) is 0 Å². The van der Waals surface area contributed by atoms with Crippen molar-refractivity contribution in [1.29, 1.82) is 0 Å².